The van der Waals surface area contributed by atoms with E-state index in [1.807, 2.05) is 24.3 Å². The lowest BCUT2D eigenvalue weighted by atomic mass is 9.99. The summed E-state index contributed by atoms with van der Waals surface area (Å²) in [6.07, 6.45) is 0. The van der Waals surface area contributed by atoms with Gasteiger partial charge in [-0.25, -0.2) is 4.39 Å². The molecule has 0 aliphatic heterocycles. The summed E-state index contributed by atoms with van der Waals surface area (Å²) in [5, 5.41) is 19.9. The van der Waals surface area contributed by atoms with Crippen molar-refractivity contribution in [2.24, 2.45) is 0 Å². The molecule has 0 saturated heterocycles. The molecule has 0 radical (unpaired) electrons. The summed E-state index contributed by atoms with van der Waals surface area (Å²) in [5.74, 6) is -1.06. The first-order chi connectivity index (χ1) is 12.1. The Morgan fingerprint density at radius 2 is 1.64 bits per heavy atom. The molecule has 0 atom stereocenters. The van der Waals surface area contributed by atoms with E-state index in [1.54, 1.807) is 12.1 Å². The Kier molecular flexibility index (Phi) is 3.26. The van der Waals surface area contributed by atoms with Crippen LogP contribution in [0.25, 0.3) is 16.8 Å². The highest BCUT2D eigenvalue weighted by atomic mass is 19.1. The molecule has 120 valence electrons. The molecule has 0 spiro atoms. The molecule has 1 aliphatic carbocycles. The number of nitriles is 1. The molecule has 0 amide bonds. The zero-order valence-corrected chi connectivity index (χ0v) is 12.9. The SMILES string of the molecule is N#CC1=C(c2ccc(F)cc2)c2c(O)[nH]c(-c3ccccc3)c2C1=O. The van der Waals surface area contributed by atoms with Crippen molar-refractivity contribution < 1.29 is 14.3 Å². The number of aromatic hydroxyl groups is 1. The molecular formula is C20H11FN2O2. The van der Waals surface area contributed by atoms with Crippen LogP contribution in [-0.2, 0) is 0 Å². The van der Waals surface area contributed by atoms with Crippen LogP contribution in [0.15, 0.2) is 60.2 Å². The molecule has 0 unspecified atom stereocenters. The second-order valence-electron chi connectivity index (χ2n) is 5.66. The quantitative estimate of drug-likeness (QED) is 0.744. The van der Waals surface area contributed by atoms with Crippen molar-refractivity contribution in [3.05, 3.63) is 82.7 Å². The number of allylic oxidation sites excluding steroid dienone is 1. The van der Waals surface area contributed by atoms with Crippen LogP contribution < -0.4 is 0 Å². The van der Waals surface area contributed by atoms with Gasteiger partial charge in [0.1, 0.15) is 17.5 Å². The van der Waals surface area contributed by atoms with E-state index in [-0.39, 0.29) is 22.6 Å². The molecule has 0 bridgehead atoms. The number of carbonyl (C=O) groups is 1. The third kappa shape index (κ3) is 2.16. The van der Waals surface area contributed by atoms with Gasteiger partial charge in [-0.05, 0) is 23.3 Å². The standard InChI is InChI=1S/C20H11FN2O2/c21-13-8-6-11(7-9-13)15-14(10-22)19(24)17-16(15)20(25)23-18(17)12-4-2-1-3-5-12/h1-9,23,25H. The molecule has 5 heteroatoms. The number of halogens is 1. The predicted octanol–water partition coefficient (Wildman–Crippen LogP) is 4.05. The van der Waals surface area contributed by atoms with E-state index < -0.39 is 11.6 Å². The molecule has 4 rings (SSSR count). The molecule has 0 fully saturated rings. The Balaban J connectivity index is 1.99. The topological polar surface area (TPSA) is 76.9 Å². The van der Waals surface area contributed by atoms with Gasteiger partial charge >= 0.3 is 0 Å². The summed E-state index contributed by atoms with van der Waals surface area (Å²) in [6.45, 7) is 0. The zero-order valence-electron chi connectivity index (χ0n) is 12.9. The van der Waals surface area contributed by atoms with Gasteiger partial charge in [-0.3, -0.25) is 4.79 Å². The van der Waals surface area contributed by atoms with E-state index in [4.69, 9.17) is 0 Å². The molecule has 1 aliphatic rings. The van der Waals surface area contributed by atoms with Crippen LogP contribution in [0.5, 0.6) is 5.88 Å². The van der Waals surface area contributed by atoms with Gasteiger partial charge in [-0.2, -0.15) is 5.26 Å². The third-order valence-corrected chi connectivity index (χ3v) is 4.24. The van der Waals surface area contributed by atoms with Crippen LogP contribution in [0.4, 0.5) is 4.39 Å². The maximum absolute atomic E-state index is 13.2. The number of nitrogens with zero attached hydrogens (tertiary/aromatic N) is 1. The van der Waals surface area contributed by atoms with Gasteiger partial charge in [0.05, 0.1) is 16.8 Å². The lowest BCUT2D eigenvalue weighted by Gasteiger charge is -2.04. The fourth-order valence-corrected chi connectivity index (χ4v) is 3.15. The minimum absolute atomic E-state index is 0.0573. The summed E-state index contributed by atoms with van der Waals surface area (Å²) in [5.41, 5.74) is 2.50. The summed E-state index contributed by atoms with van der Waals surface area (Å²) < 4.78 is 13.2. The normalized spacial score (nSPS) is 13.0. The average Bonchev–Trinajstić information content (AvgIpc) is 3.12. The van der Waals surface area contributed by atoms with E-state index in [2.05, 4.69) is 4.98 Å². The first-order valence-electron chi connectivity index (χ1n) is 7.57. The van der Waals surface area contributed by atoms with Gasteiger partial charge in [0.25, 0.3) is 0 Å². The van der Waals surface area contributed by atoms with Gasteiger partial charge in [0.2, 0.25) is 5.78 Å². The Morgan fingerprint density at radius 1 is 0.960 bits per heavy atom. The number of hydrogen-bond acceptors (Lipinski definition) is 3. The van der Waals surface area contributed by atoms with Crippen molar-refractivity contribution in [3.8, 4) is 23.2 Å². The first kappa shape index (κ1) is 14.9. The van der Waals surface area contributed by atoms with Gasteiger partial charge in [0.15, 0.2) is 5.88 Å². The number of ketones is 1. The molecule has 0 saturated carbocycles. The van der Waals surface area contributed by atoms with Crippen molar-refractivity contribution in [3.63, 3.8) is 0 Å². The van der Waals surface area contributed by atoms with Crippen LogP contribution >= 0.6 is 0 Å². The molecule has 25 heavy (non-hydrogen) atoms. The Labute approximate surface area is 142 Å². The largest absolute Gasteiger partial charge is 0.494 e. The van der Waals surface area contributed by atoms with Crippen molar-refractivity contribution in [2.45, 2.75) is 0 Å². The van der Waals surface area contributed by atoms with Crippen molar-refractivity contribution in [1.82, 2.24) is 4.98 Å². The Bertz CT molecular complexity index is 1070. The van der Waals surface area contributed by atoms with E-state index in [1.165, 1.54) is 24.3 Å². The lowest BCUT2D eigenvalue weighted by molar-refractivity contribution is 0.104. The van der Waals surface area contributed by atoms with Gasteiger partial charge < -0.3 is 10.1 Å². The number of nitrogens with one attached hydrogen (secondary N) is 1. The zero-order chi connectivity index (χ0) is 17.6. The van der Waals surface area contributed by atoms with Gasteiger partial charge in [-0.1, -0.05) is 42.5 Å². The number of benzene rings is 2. The smallest absolute Gasteiger partial charge is 0.207 e. The molecule has 2 aromatic carbocycles. The maximum Gasteiger partial charge on any atom is 0.207 e. The second-order valence-corrected chi connectivity index (χ2v) is 5.66. The monoisotopic (exact) mass is 330 g/mol. The summed E-state index contributed by atoms with van der Waals surface area (Å²) >= 11 is 0. The second kappa shape index (κ2) is 5.46. The fourth-order valence-electron chi connectivity index (χ4n) is 3.15. The number of Topliss-reactive ketones (excluding diaryl/α,β-unsaturated/α-hetero) is 1. The summed E-state index contributed by atoms with van der Waals surface area (Å²) in [4.78, 5) is 15.6. The van der Waals surface area contributed by atoms with Crippen LogP contribution in [0.3, 0.4) is 0 Å². The Morgan fingerprint density at radius 3 is 2.28 bits per heavy atom. The van der Waals surface area contributed by atoms with Crippen molar-refractivity contribution >= 4 is 11.4 Å². The van der Waals surface area contributed by atoms with Gasteiger partial charge in [-0.15, -0.1) is 0 Å². The van der Waals surface area contributed by atoms with E-state index in [9.17, 15) is 19.6 Å². The average molecular weight is 330 g/mol. The first-order valence-corrected chi connectivity index (χ1v) is 7.57. The third-order valence-electron chi connectivity index (χ3n) is 4.24. The van der Waals surface area contributed by atoms with E-state index in [0.29, 0.717) is 16.8 Å². The Hall–Kier alpha value is -3.65. The van der Waals surface area contributed by atoms with Crippen LogP contribution in [0.1, 0.15) is 21.5 Å². The number of aromatic amines is 1. The highest BCUT2D eigenvalue weighted by molar-refractivity contribution is 6.28. The molecule has 2 N–H and O–H groups in total. The van der Waals surface area contributed by atoms with E-state index >= 15 is 0 Å². The molecule has 4 nitrogen and oxygen atoms in total. The van der Waals surface area contributed by atoms with Crippen LogP contribution in [-0.4, -0.2) is 15.9 Å². The van der Waals surface area contributed by atoms with E-state index in [0.717, 1.165) is 5.56 Å². The number of hydrogen-bond donors (Lipinski definition) is 2. The molecular weight excluding hydrogens is 319 g/mol. The number of carbonyl (C=O) groups excluding carboxylic acids is 1. The highest BCUT2D eigenvalue weighted by Crippen LogP contribution is 2.46. The van der Waals surface area contributed by atoms with Gasteiger partial charge in [0, 0.05) is 5.57 Å². The molecule has 3 aromatic rings. The fraction of sp³-hybridized carbons (Fsp3) is 0. The summed E-state index contributed by atoms with van der Waals surface area (Å²) in [7, 11) is 0. The minimum atomic E-state index is -0.452. The number of aromatic nitrogens is 1. The number of fused-ring (bicyclic) bond motifs is 1. The van der Waals surface area contributed by atoms with Crippen LogP contribution in [0, 0.1) is 17.1 Å². The number of H-pyrrole nitrogens is 1. The number of rotatable bonds is 2. The minimum Gasteiger partial charge on any atom is -0.494 e. The maximum atomic E-state index is 13.2. The predicted molar refractivity (Wildman–Crippen MR) is 90.3 cm³/mol. The molecule has 1 aromatic heterocycles. The van der Waals surface area contributed by atoms with Crippen molar-refractivity contribution in [1.29, 1.82) is 5.26 Å². The molecule has 1 heterocycles. The van der Waals surface area contributed by atoms with Crippen LogP contribution in [0.2, 0.25) is 0 Å². The van der Waals surface area contributed by atoms with Crippen molar-refractivity contribution in [2.75, 3.05) is 0 Å². The lowest BCUT2D eigenvalue weighted by Crippen LogP contribution is -1.98. The summed E-state index contributed by atoms with van der Waals surface area (Å²) in [6, 6.07) is 16.5. The highest BCUT2D eigenvalue weighted by Gasteiger charge is 2.37.